The van der Waals surface area contributed by atoms with Gasteiger partial charge in [-0.05, 0) is 27.2 Å². The number of hydrogen-bond donors (Lipinski definition) is 2. The molecule has 0 bridgehead atoms. The average Bonchev–Trinajstić information content (AvgIpc) is 3.04. The van der Waals surface area contributed by atoms with Crippen molar-refractivity contribution in [1.29, 1.82) is 0 Å². The van der Waals surface area contributed by atoms with Crippen LogP contribution >= 0.6 is 0 Å². The lowest BCUT2D eigenvalue weighted by atomic mass is 10.3. The van der Waals surface area contributed by atoms with Crippen LogP contribution in [0.3, 0.4) is 0 Å². The van der Waals surface area contributed by atoms with E-state index in [4.69, 9.17) is 8.94 Å². The highest BCUT2D eigenvalue weighted by atomic mass is 16.5. The van der Waals surface area contributed by atoms with Gasteiger partial charge in [0, 0.05) is 20.0 Å². The van der Waals surface area contributed by atoms with Crippen molar-refractivity contribution >= 4 is 5.96 Å². The van der Waals surface area contributed by atoms with E-state index in [9.17, 15) is 0 Å². The van der Waals surface area contributed by atoms with Gasteiger partial charge >= 0.3 is 0 Å². The maximum Gasteiger partial charge on any atom is 0.226 e. The number of nitrogens with zero attached hydrogens (tertiary/aromatic N) is 4. The van der Waals surface area contributed by atoms with Gasteiger partial charge in [-0.3, -0.25) is 4.99 Å². The highest BCUT2D eigenvalue weighted by Crippen LogP contribution is 2.07. The molecule has 2 rings (SSSR count). The van der Waals surface area contributed by atoms with Crippen LogP contribution in [0.5, 0.6) is 0 Å². The van der Waals surface area contributed by atoms with Crippen LogP contribution in [0, 0.1) is 20.8 Å². The Balaban J connectivity index is 1.69. The van der Waals surface area contributed by atoms with E-state index >= 15 is 0 Å². The normalized spacial score (nSPS) is 11.7. The number of guanidine groups is 1. The number of nitrogens with one attached hydrogen (secondary N) is 2. The molecule has 0 spiro atoms. The second-order valence-corrected chi connectivity index (χ2v) is 4.94. The van der Waals surface area contributed by atoms with Gasteiger partial charge in [0.05, 0.1) is 12.2 Å². The fourth-order valence-electron chi connectivity index (χ4n) is 1.88. The first-order chi connectivity index (χ1) is 10.6. The molecule has 0 fully saturated rings. The Kier molecular flexibility index (Phi) is 5.51. The van der Waals surface area contributed by atoms with Crippen LogP contribution in [-0.2, 0) is 13.0 Å². The monoisotopic (exact) mass is 306 g/mol. The third-order valence-corrected chi connectivity index (χ3v) is 3.13. The number of aromatic nitrogens is 3. The highest BCUT2D eigenvalue weighted by molar-refractivity contribution is 5.79. The SMILES string of the molecule is CN=C(NCCCc1nc(C)no1)NCc1nc(C)c(C)o1. The zero-order chi connectivity index (χ0) is 15.9. The lowest BCUT2D eigenvalue weighted by molar-refractivity contribution is 0.372. The molecule has 0 unspecified atom stereocenters. The van der Waals surface area contributed by atoms with E-state index in [1.165, 1.54) is 0 Å². The summed E-state index contributed by atoms with van der Waals surface area (Å²) < 4.78 is 10.6. The van der Waals surface area contributed by atoms with Gasteiger partial charge < -0.3 is 19.6 Å². The molecule has 0 aromatic carbocycles. The summed E-state index contributed by atoms with van der Waals surface area (Å²) in [5.74, 6) is 3.52. The number of aryl methyl sites for hydroxylation is 4. The van der Waals surface area contributed by atoms with E-state index in [2.05, 4.69) is 30.8 Å². The molecule has 0 atom stereocenters. The van der Waals surface area contributed by atoms with Gasteiger partial charge in [0.1, 0.15) is 5.76 Å². The van der Waals surface area contributed by atoms with Gasteiger partial charge in [0.15, 0.2) is 11.8 Å². The molecular weight excluding hydrogens is 284 g/mol. The summed E-state index contributed by atoms with van der Waals surface area (Å²) in [6.45, 7) is 6.89. The molecule has 22 heavy (non-hydrogen) atoms. The van der Waals surface area contributed by atoms with Crippen molar-refractivity contribution in [3.05, 3.63) is 29.1 Å². The molecule has 8 heteroatoms. The molecule has 0 saturated carbocycles. The minimum Gasteiger partial charge on any atom is -0.444 e. The number of oxazole rings is 1. The van der Waals surface area contributed by atoms with Crippen molar-refractivity contribution in [1.82, 2.24) is 25.8 Å². The van der Waals surface area contributed by atoms with Gasteiger partial charge in [0.2, 0.25) is 11.8 Å². The van der Waals surface area contributed by atoms with E-state index in [0.717, 1.165) is 30.8 Å². The van der Waals surface area contributed by atoms with Crippen LogP contribution < -0.4 is 10.6 Å². The summed E-state index contributed by atoms with van der Waals surface area (Å²) in [6.07, 6.45) is 1.61. The number of aliphatic imine (C=N–C) groups is 1. The standard InChI is InChI=1S/C14H22N6O2/c1-9-10(2)21-13(18-9)8-17-14(15-4)16-7-5-6-12-19-11(3)20-22-12/h5-8H2,1-4H3,(H2,15,16,17). The Morgan fingerprint density at radius 1 is 1.14 bits per heavy atom. The van der Waals surface area contributed by atoms with Crippen LogP contribution in [0.4, 0.5) is 0 Å². The molecular formula is C14H22N6O2. The Labute approximate surface area is 129 Å². The third kappa shape index (κ3) is 4.57. The summed E-state index contributed by atoms with van der Waals surface area (Å²) in [6, 6.07) is 0. The van der Waals surface area contributed by atoms with E-state index in [0.29, 0.717) is 30.1 Å². The smallest absolute Gasteiger partial charge is 0.226 e. The van der Waals surface area contributed by atoms with Gasteiger partial charge in [-0.15, -0.1) is 0 Å². The predicted octanol–water partition coefficient (Wildman–Crippen LogP) is 1.28. The molecule has 0 saturated heterocycles. The number of hydrogen-bond acceptors (Lipinski definition) is 6. The zero-order valence-electron chi connectivity index (χ0n) is 13.4. The Morgan fingerprint density at radius 2 is 1.95 bits per heavy atom. The quantitative estimate of drug-likeness (QED) is 0.471. The summed E-state index contributed by atoms with van der Waals surface area (Å²) in [4.78, 5) is 12.6. The third-order valence-electron chi connectivity index (χ3n) is 3.13. The maximum absolute atomic E-state index is 5.51. The lowest BCUT2D eigenvalue weighted by Gasteiger charge is -2.09. The second-order valence-electron chi connectivity index (χ2n) is 4.94. The molecule has 0 aliphatic carbocycles. The van der Waals surface area contributed by atoms with Crippen molar-refractivity contribution in [2.24, 2.45) is 4.99 Å². The van der Waals surface area contributed by atoms with Gasteiger partial charge in [-0.2, -0.15) is 4.98 Å². The zero-order valence-corrected chi connectivity index (χ0v) is 13.4. The van der Waals surface area contributed by atoms with Crippen molar-refractivity contribution < 1.29 is 8.94 Å². The van der Waals surface area contributed by atoms with Crippen molar-refractivity contribution in [2.75, 3.05) is 13.6 Å². The van der Waals surface area contributed by atoms with E-state index in [-0.39, 0.29) is 0 Å². The van der Waals surface area contributed by atoms with Gasteiger partial charge in [-0.1, -0.05) is 5.16 Å². The minimum atomic E-state index is 0.497. The first-order valence-electron chi connectivity index (χ1n) is 7.25. The molecule has 2 heterocycles. The summed E-state index contributed by atoms with van der Waals surface area (Å²) >= 11 is 0. The van der Waals surface area contributed by atoms with Crippen LogP contribution in [-0.4, -0.2) is 34.7 Å². The molecule has 0 amide bonds. The Hall–Kier alpha value is -2.38. The summed E-state index contributed by atoms with van der Waals surface area (Å²) in [5.41, 5.74) is 0.912. The largest absolute Gasteiger partial charge is 0.444 e. The molecule has 0 aliphatic rings. The van der Waals surface area contributed by atoms with Crippen molar-refractivity contribution in [2.45, 2.75) is 40.2 Å². The fraction of sp³-hybridized carbons (Fsp3) is 0.571. The number of rotatable bonds is 6. The Bertz CT molecular complexity index is 612. The van der Waals surface area contributed by atoms with Crippen molar-refractivity contribution in [3.8, 4) is 0 Å². The molecule has 2 aromatic heterocycles. The average molecular weight is 306 g/mol. The van der Waals surface area contributed by atoms with E-state index in [1.54, 1.807) is 7.05 Å². The van der Waals surface area contributed by atoms with Gasteiger partial charge in [-0.25, -0.2) is 4.98 Å². The molecule has 2 N–H and O–H groups in total. The van der Waals surface area contributed by atoms with Crippen LogP contribution in [0.25, 0.3) is 0 Å². The topological polar surface area (TPSA) is 101 Å². The second kappa shape index (κ2) is 7.58. The fourth-order valence-corrected chi connectivity index (χ4v) is 1.88. The van der Waals surface area contributed by atoms with E-state index in [1.807, 2.05) is 20.8 Å². The first-order valence-corrected chi connectivity index (χ1v) is 7.25. The molecule has 0 radical (unpaired) electrons. The van der Waals surface area contributed by atoms with Crippen molar-refractivity contribution in [3.63, 3.8) is 0 Å². The molecule has 8 nitrogen and oxygen atoms in total. The molecule has 0 aliphatic heterocycles. The summed E-state index contributed by atoms with van der Waals surface area (Å²) in [5, 5.41) is 10.1. The highest BCUT2D eigenvalue weighted by Gasteiger charge is 2.06. The van der Waals surface area contributed by atoms with Crippen LogP contribution in [0.15, 0.2) is 13.9 Å². The molecule has 120 valence electrons. The van der Waals surface area contributed by atoms with Crippen LogP contribution in [0.2, 0.25) is 0 Å². The minimum absolute atomic E-state index is 0.497. The maximum atomic E-state index is 5.51. The predicted molar refractivity (Wildman–Crippen MR) is 81.5 cm³/mol. The van der Waals surface area contributed by atoms with Gasteiger partial charge in [0.25, 0.3) is 0 Å². The first kappa shape index (κ1) is 16.0. The van der Waals surface area contributed by atoms with E-state index < -0.39 is 0 Å². The summed E-state index contributed by atoms with van der Waals surface area (Å²) in [7, 11) is 1.72. The van der Waals surface area contributed by atoms with Crippen LogP contribution in [0.1, 0.15) is 35.5 Å². The lowest BCUT2D eigenvalue weighted by Crippen LogP contribution is -2.37. The molecule has 2 aromatic rings. The Morgan fingerprint density at radius 3 is 2.55 bits per heavy atom.